The summed E-state index contributed by atoms with van der Waals surface area (Å²) in [6.07, 6.45) is 6.66. The van der Waals surface area contributed by atoms with E-state index in [1.807, 2.05) is 30.3 Å². The van der Waals surface area contributed by atoms with Crippen molar-refractivity contribution in [2.24, 2.45) is 0 Å². The van der Waals surface area contributed by atoms with E-state index < -0.39 is 0 Å². The summed E-state index contributed by atoms with van der Waals surface area (Å²) in [5, 5.41) is 11.2. The van der Waals surface area contributed by atoms with Gasteiger partial charge in [0.1, 0.15) is 0 Å². The molecule has 4 rings (SSSR count). The van der Waals surface area contributed by atoms with Gasteiger partial charge in [-0.15, -0.1) is 0 Å². The van der Waals surface area contributed by atoms with Crippen molar-refractivity contribution in [1.29, 1.82) is 5.41 Å². The van der Waals surface area contributed by atoms with Gasteiger partial charge in [-0.2, -0.15) is 0 Å². The molecule has 1 atom stereocenters. The maximum Gasteiger partial charge on any atom is 0.0687 e. The molecule has 1 aliphatic carbocycles. The number of allylic oxidation sites excluding steroid dienone is 4. The number of nitrogens with one attached hydrogen (secondary N) is 1. The van der Waals surface area contributed by atoms with Crippen LogP contribution in [0.1, 0.15) is 29.5 Å². The van der Waals surface area contributed by atoms with E-state index in [2.05, 4.69) is 61.5 Å². The molecule has 0 bridgehead atoms. The van der Waals surface area contributed by atoms with Crippen molar-refractivity contribution >= 4 is 16.5 Å². The van der Waals surface area contributed by atoms with Gasteiger partial charge in [0, 0.05) is 17.0 Å². The summed E-state index contributed by atoms with van der Waals surface area (Å²) in [5.74, 6) is 0.244. The highest BCUT2D eigenvalue weighted by molar-refractivity contribution is 6.13. The van der Waals surface area contributed by atoms with Gasteiger partial charge in [-0.25, -0.2) is 0 Å². The maximum atomic E-state index is 8.76. The average molecular weight is 309 g/mol. The van der Waals surface area contributed by atoms with Crippen molar-refractivity contribution < 1.29 is 0 Å². The quantitative estimate of drug-likeness (QED) is 0.586. The monoisotopic (exact) mass is 309 g/mol. The molecule has 0 aromatic heterocycles. The third kappa shape index (κ3) is 2.59. The molecular formula is C23H19N. The standard InChI is InChI=1S/C23H19N/c1-16-11-12-20(13-16)21-14-18-9-5-6-10-19(18)15-22(21)23(24)17-7-3-2-4-8-17/h2-15,20,24H,1H3. The molecule has 0 fully saturated rings. The Balaban J connectivity index is 1.92. The van der Waals surface area contributed by atoms with Gasteiger partial charge in [0.15, 0.2) is 0 Å². The Morgan fingerprint density at radius 3 is 2.21 bits per heavy atom. The van der Waals surface area contributed by atoms with Crippen molar-refractivity contribution in [3.63, 3.8) is 0 Å². The molecule has 0 spiro atoms. The van der Waals surface area contributed by atoms with Gasteiger partial charge in [-0.1, -0.05) is 78.4 Å². The summed E-state index contributed by atoms with van der Waals surface area (Å²) in [6, 6.07) is 22.8. The second-order valence-corrected chi connectivity index (χ2v) is 6.32. The van der Waals surface area contributed by atoms with E-state index in [0.29, 0.717) is 5.71 Å². The van der Waals surface area contributed by atoms with Crippen molar-refractivity contribution in [2.75, 3.05) is 0 Å². The zero-order chi connectivity index (χ0) is 16.5. The lowest BCUT2D eigenvalue weighted by molar-refractivity contribution is 1.10. The molecule has 1 N–H and O–H groups in total. The fourth-order valence-corrected chi connectivity index (χ4v) is 3.35. The summed E-state index contributed by atoms with van der Waals surface area (Å²) in [5.41, 5.74) is 5.04. The van der Waals surface area contributed by atoms with E-state index >= 15 is 0 Å². The Bertz CT molecular complexity index is 977. The van der Waals surface area contributed by atoms with Crippen molar-refractivity contribution in [1.82, 2.24) is 0 Å². The first kappa shape index (κ1) is 14.6. The predicted molar refractivity (Wildman–Crippen MR) is 102 cm³/mol. The Labute approximate surface area is 142 Å². The number of rotatable bonds is 3. The molecular weight excluding hydrogens is 290 g/mol. The van der Waals surface area contributed by atoms with Crippen molar-refractivity contribution in [3.8, 4) is 0 Å². The first-order valence-electron chi connectivity index (χ1n) is 8.26. The third-order valence-corrected chi connectivity index (χ3v) is 4.62. The first-order chi connectivity index (χ1) is 11.7. The summed E-state index contributed by atoms with van der Waals surface area (Å²) in [6.45, 7) is 2.12. The van der Waals surface area contributed by atoms with Crippen LogP contribution in [0.5, 0.6) is 0 Å². The smallest absolute Gasteiger partial charge is 0.0687 e. The first-order valence-corrected chi connectivity index (χ1v) is 8.26. The Kier molecular flexibility index (Phi) is 3.62. The molecule has 3 aromatic carbocycles. The van der Waals surface area contributed by atoms with Crippen LogP contribution in [0.3, 0.4) is 0 Å². The molecule has 1 heteroatoms. The lowest BCUT2D eigenvalue weighted by Gasteiger charge is -2.16. The summed E-state index contributed by atoms with van der Waals surface area (Å²) < 4.78 is 0. The molecule has 0 saturated carbocycles. The maximum absolute atomic E-state index is 8.76. The normalized spacial score (nSPS) is 16.4. The Morgan fingerprint density at radius 1 is 0.875 bits per heavy atom. The fourth-order valence-electron chi connectivity index (χ4n) is 3.35. The topological polar surface area (TPSA) is 23.9 Å². The summed E-state index contributed by atoms with van der Waals surface area (Å²) in [4.78, 5) is 0. The average Bonchev–Trinajstić information content (AvgIpc) is 3.07. The zero-order valence-electron chi connectivity index (χ0n) is 13.7. The van der Waals surface area contributed by atoms with Crippen LogP contribution in [0.4, 0.5) is 0 Å². The molecule has 1 aliphatic rings. The predicted octanol–water partition coefficient (Wildman–Crippen LogP) is 5.86. The van der Waals surface area contributed by atoms with Crippen LogP contribution in [0.15, 0.2) is 90.5 Å². The van der Waals surface area contributed by atoms with Gasteiger partial charge >= 0.3 is 0 Å². The van der Waals surface area contributed by atoms with E-state index in [4.69, 9.17) is 5.41 Å². The van der Waals surface area contributed by atoms with Crippen LogP contribution < -0.4 is 0 Å². The largest absolute Gasteiger partial charge is 0.300 e. The lowest BCUT2D eigenvalue weighted by Crippen LogP contribution is -2.07. The van der Waals surface area contributed by atoms with E-state index in [9.17, 15) is 0 Å². The van der Waals surface area contributed by atoms with Crippen molar-refractivity contribution in [2.45, 2.75) is 12.8 Å². The molecule has 0 saturated heterocycles. The zero-order valence-corrected chi connectivity index (χ0v) is 13.7. The summed E-state index contributed by atoms with van der Waals surface area (Å²) in [7, 11) is 0. The minimum Gasteiger partial charge on any atom is -0.300 e. The molecule has 0 aliphatic heterocycles. The number of benzene rings is 3. The highest BCUT2D eigenvalue weighted by Crippen LogP contribution is 2.33. The number of fused-ring (bicyclic) bond motifs is 1. The third-order valence-electron chi connectivity index (χ3n) is 4.62. The van der Waals surface area contributed by atoms with Gasteiger partial charge in [-0.3, -0.25) is 5.41 Å². The van der Waals surface area contributed by atoms with Gasteiger partial charge < -0.3 is 0 Å². The molecule has 0 heterocycles. The van der Waals surface area contributed by atoms with Crippen LogP contribution in [0.2, 0.25) is 0 Å². The SMILES string of the molecule is CC1=CC(c2cc3ccccc3cc2C(=N)c2ccccc2)C=C1. The van der Waals surface area contributed by atoms with E-state index in [1.54, 1.807) is 0 Å². The van der Waals surface area contributed by atoms with Crippen LogP contribution in [-0.2, 0) is 0 Å². The van der Waals surface area contributed by atoms with Crippen LogP contribution in [-0.4, -0.2) is 5.71 Å². The number of hydrogen-bond acceptors (Lipinski definition) is 1. The highest BCUT2D eigenvalue weighted by Gasteiger charge is 2.18. The van der Waals surface area contributed by atoms with Gasteiger partial charge in [0.25, 0.3) is 0 Å². The van der Waals surface area contributed by atoms with E-state index in [0.717, 1.165) is 11.1 Å². The lowest BCUT2D eigenvalue weighted by atomic mass is 9.88. The molecule has 3 aromatic rings. The molecule has 1 nitrogen and oxygen atoms in total. The highest BCUT2D eigenvalue weighted by atomic mass is 14.4. The molecule has 116 valence electrons. The second-order valence-electron chi connectivity index (χ2n) is 6.32. The minimum atomic E-state index is 0.244. The second kappa shape index (κ2) is 5.93. The van der Waals surface area contributed by atoms with Gasteiger partial charge in [0.2, 0.25) is 0 Å². The fraction of sp³-hybridized carbons (Fsp3) is 0.0870. The molecule has 0 radical (unpaired) electrons. The summed E-state index contributed by atoms with van der Waals surface area (Å²) >= 11 is 0. The molecule has 0 amide bonds. The Hall–Kier alpha value is -2.93. The molecule has 1 unspecified atom stereocenters. The van der Waals surface area contributed by atoms with Crippen LogP contribution >= 0.6 is 0 Å². The molecule has 24 heavy (non-hydrogen) atoms. The van der Waals surface area contributed by atoms with Gasteiger partial charge in [0.05, 0.1) is 5.71 Å². The minimum absolute atomic E-state index is 0.244. The Morgan fingerprint density at radius 2 is 1.54 bits per heavy atom. The van der Waals surface area contributed by atoms with Gasteiger partial charge in [-0.05, 0) is 35.4 Å². The van der Waals surface area contributed by atoms with E-state index in [-0.39, 0.29) is 5.92 Å². The van der Waals surface area contributed by atoms with E-state index in [1.165, 1.54) is 21.9 Å². The van der Waals surface area contributed by atoms with Crippen molar-refractivity contribution in [3.05, 3.63) is 107 Å². The van der Waals surface area contributed by atoms with Crippen LogP contribution in [0.25, 0.3) is 10.8 Å². The number of hydrogen-bond donors (Lipinski definition) is 1. The van der Waals surface area contributed by atoms with Crippen LogP contribution in [0, 0.1) is 5.41 Å².